The Morgan fingerprint density at radius 2 is 1.85 bits per heavy atom. The molecule has 5 heteroatoms. The lowest BCUT2D eigenvalue weighted by Crippen LogP contribution is -2.18. The van der Waals surface area contributed by atoms with E-state index in [0.717, 1.165) is 5.56 Å². The molecule has 1 aromatic carbocycles. The van der Waals surface area contributed by atoms with E-state index in [-0.39, 0.29) is 18.8 Å². The zero-order valence-electron chi connectivity index (χ0n) is 11.2. The molecule has 0 spiro atoms. The van der Waals surface area contributed by atoms with Crippen molar-refractivity contribution in [3.63, 3.8) is 0 Å². The number of hydrogen-bond donors (Lipinski definition) is 3. The number of rotatable bonds is 4. The van der Waals surface area contributed by atoms with Crippen LogP contribution in [0.25, 0.3) is 0 Å². The number of nitrogens with zero attached hydrogens (tertiary/aromatic N) is 1. The first-order valence-corrected chi connectivity index (χ1v) is 6.32. The lowest BCUT2D eigenvalue weighted by atomic mass is 10.0. The molecular formula is C15H17NO4. The van der Waals surface area contributed by atoms with Gasteiger partial charge in [-0.3, -0.25) is 4.79 Å². The van der Waals surface area contributed by atoms with E-state index in [0.29, 0.717) is 5.56 Å². The van der Waals surface area contributed by atoms with Gasteiger partial charge in [0.25, 0.3) is 0 Å². The molecule has 2 aromatic rings. The number of aliphatic hydroxyl groups is 2. The maximum atomic E-state index is 11.5. The topological polar surface area (TPSA) is 82.7 Å². The molecule has 1 heterocycles. The molecule has 1 aromatic heterocycles. The molecule has 0 saturated carbocycles. The van der Waals surface area contributed by atoms with Crippen molar-refractivity contribution in [2.75, 3.05) is 6.61 Å². The van der Waals surface area contributed by atoms with Crippen LogP contribution in [0, 0.1) is 6.92 Å². The Bertz CT molecular complexity index is 646. The third kappa shape index (κ3) is 2.74. The van der Waals surface area contributed by atoms with Crippen LogP contribution in [0.2, 0.25) is 0 Å². The zero-order chi connectivity index (χ0) is 14.7. The molecular weight excluding hydrogens is 258 g/mol. The van der Waals surface area contributed by atoms with Gasteiger partial charge in [0.2, 0.25) is 5.43 Å². The van der Waals surface area contributed by atoms with Crippen molar-refractivity contribution in [3.8, 4) is 5.75 Å². The van der Waals surface area contributed by atoms with Crippen molar-refractivity contribution >= 4 is 0 Å². The van der Waals surface area contributed by atoms with Gasteiger partial charge in [0.1, 0.15) is 6.10 Å². The van der Waals surface area contributed by atoms with Crippen LogP contribution in [0.3, 0.4) is 0 Å². The fourth-order valence-electron chi connectivity index (χ4n) is 2.08. The van der Waals surface area contributed by atoms with Gasteiger partial charge < -0.3 is 19.9 Å². The Labute approximate surface area is 116 Å². The van der Waals surface area contributed by atoms with E-state index in [1.807, 2.05) is 19.1 Å². The summed E-state index contributed by atoms with van der Waals surface area (Å²) >= 11 is 0. The summed E-state index contributed by atoms with van der Waals surface area (Å²) in [5.74, 6) is -0.492. The summed E-state index contributed by atoms with van der Waals surface area (Å²) < 4.78 is 1.47. The van der Waals surface area contributed by atoms with Gasteiger partial charge in [0.05, 0.1) is 12.3 Å². The number of aliphatic hydroxyl groups excluding tert-OH is 2. The molecule has 2 rings (SSSR count). The standard InChI is InChI=1S/C15H17NO4/c1-10-2-4-11(5-3-10)14(19)13-15(20)12(18)6-7-16(13)8-9-17/h2-7,14,17,19-20H,8-9H2,1H3. The number of benzene rings is 1. The Hall–Kier alpha value is -2.11. The summed E-state index contributed by atoms with van der Waals surface area (Å²) in [7, 11) is 0. The molecule has 1 unspecified atom stereocenters. The maximum Gasteiger partial charge on any atom is 0.223 e. The van der Waals surface area contributed by atoms with Crippen LogP contribution in [-0.2, 0) is 6.54 Å². The maximum absolute atomic E-state index is 11.5. The van der Waals surface area contributed by atoms with Crippen LogP contribution in [0.1, 0.15) is 22.9 Å². The fraction of sp³-hybridized carbons (Fsp3) is 0.267. The molecule has 3 N–H and O–H groups in total. The molecule has 0 aliphatic heterocycles. The molecule has 1 atom stereocenters. The lowest BCUT2D eigenvalue weighted by molar-refractivity contribution is 0.197. The van der Waals surface area contributed by atoms with Gasteiger partial charge in [0, 0.05) is 18.8 Å². The highest BCUT2D eigenvalue weighted by atomic mass is 16.3. The van der Waals surface area contributed by atoms with Crippen molar-refractivity contribution < 1.29 is 15.3 Å². The molecule has 0 aliphatic carbocycles. The largest absolute Gasteiger partial charge is 0.503 e. The van der Waals surface area contributed by atoms with E-state index < -0.39 is 17.3 Å². The fourth-order valence-corrected chi connectivity index (χ4v) is 2.08. The van der Waals surface area contributed by atoms with Crippen LogP contribution in [0.15, 0.2) is 41.3 Å². The molecule has 20 heavy (non-hydrogen) atoms. The van der Waals surface area contributed by atoms with Crippen molar-refractivity contribution in [2.24, 2.45) is 0 Å². The Morgan fingerprint density at radius 3 is 2.45 bits per heavy atom. The third-order valence-corrected chi connectivity index (χ3v) is 3.18. The Balaban J connectivity index is 2.52. The molecule has 0 saturated heterocycles. The van der Waals surface area contributed by atoms with Crippen molar-refractivity contribution in [2.45, 2.75) is 19.6 Å². The summed E-state index contributed by atoms with van der Waals surface area (Å²) in [4.78, 5) is 11.5. The van der Waals surface area contributed by atoms with E-state index >= 15 is 0 Å². The van der Waals surface area contributed by atoms with Crippen LogP contribution in [0.5, 0.6) is 5.75 Å². The average Bonchev–Trinajstić information content (AvgIpc) is 2.44. The lowest BCUT2D eigenvalue weighted by Gasteiger charge is -2.19. The molecule has 0 aliphatic rings. The normalized spacial score (nSPS) is 12.3. The van der Waals surface area contributed by atoms with Crippen LogP contribution in [-0.4, -0.2) is 26.5 Å². The summed E-state index contributed by atoms with van der Waals surface area (Å²) in [5, 5.41) is 29.3. The Morgan fingerprint density at radius 1 is 1.20 bits per heavy atom. The van der Waals surface area contributed by atoms with E-state index in [4.69, 9.17) is 5.11 Å². The minimum Gasteiger partial charge on any atom is -0.503 e. The number of aromatic nitrogens is 1. The first kappa shape index (κ1) is 14.3. The van der Waals surface area contributed by atoms with Gasteiger partial charge >= 0.3 is 0 Å². The second-order valence-electron chi connectivity index (χ2n) is 4.64. The van der Waals surface area contributed by atoms with Crippen molar-refractivity contribution in [3.05, 3.63) is 63.6 Å². The minimum atomic E-state index is -1.13. The summed E-state index contributed by atoms with van der Waals surface area (Å²) in [5.41, 5.74) is 1.16. The number of aryl methyl sites for hydroxylation is 1. The second-order valence-corrected chi connectivity index (χ2v) is 4.64. The summed E-state index contributed by atoms with van der Waals surface area (Å²) in [6.07, 6.45) is 0.321. The Kier molecular flexibility index (Phi) is 4.22. The van der Waals surface area contributed by atoms with Gasteiger partial charge in [-0.2, -0.15) is 0 Å². The minimum absolute atomic E-state index is 0.0930. The molecule has 0 bridgehead atoms. The molecule has 0 fully saturated rings. The molecule has 0 amide bonds. The van der Waals surface area contributed by atoms with Gasteiger partial charge in [-0.25, -0.2) is 0 Å². The second kappa shape index (κ2) is 5.90. The highest BCUT2D eigenvalue weighted by Gasteiger charge is 2.20. The third-order valence-electron chi connectivity index (χ3n) is 3.18. The zero-order valence-corrected chi connectivity index (χ0v) is 11.2. The van der Waals surface area contributed by atoms with Crippen molar-refractivity contribution in [1.29, 1.82) is 0 Å². The first-order valence-electron chi connectivity index (χ1n) is 6.32. The SMILES string of the molecule is Cc1ccc(C(O)c2c(O)c(=O)ccn2CCO)cc1. The quantitative estimate of drug-likeness (QED) is 0.775. The highest BCUT2D eigenvalue weighted by Crippen LogP contribution is 2.27. The number of hydrogen-bond acceptors (Lipinski definition) is 4. The molecule has 106 valence electrons. The van der Waals surface area contributed by atoms with Gasteiger partial charge in [-0.1, -0.05) is 29.8 Å². The van der Waals surface area contributed by atoms with Crippen molar-refractivity contribution in [1.82, 2.24) is 4.57 Å². The van der Waals surface area contributed by atoms with Crippen LogP contribution >= 0.6 is 0 Å². The van der Waals surface area contributed by atoms with E-state index in [1.54, 1.807) is 12.1 Å². The molecule has 0 radical (unpaired) electrons. The molecule has 5 nitrogen and oxygen atoms in total. The van der Waals surface area contributed by atoms with E-state index in [1.165, 1.54) is 16.8 Å². The number of pyridine rings is 1. The van der Waals surface area contributed by atoms with Gasteiger partial charge in [0.15, 0.2) is 5.75 Å². The van der Waals surface area contributed by atoms with Crippen LogP contribution in [0.4, 0.5) is 0 Å². The van der Waals surface area contributed by atoms with Gasteiger partial charge in [-0.15, -0.1) is 0 Å². The average molecular weight is 275 g/mol. The summed E-state index contributed by atoms with van der Waals surface area (Å²) in [6, 6.07) is 8.36. The monoisotopic (exact) mass is 275 g/mol. The van der Waals surface area contributed by atoms with E-state index in [2.05, 4.69) is 0 Å². The predicted molar refractivity (Wildman–Crippen MR) is 74.7 cm³/mol. The first-order chi connectivity index (χ1) is 9.54. The summed E-state index contributed by atoms with van der Waals surface area (Å²) in [6.45, 7) is 1.96. The highest BCUT2D eigenvalue weighted by molar-refractivity contribution is 5.36. The smallest absolute Gasteiger partial charge is 0.223 e. The van der Waals surface area contributed by atoms with E-state index in [9.17, 15) is 15.0 Å². The van der Waals surface area contributed by atoms with Gasteiger partial charge in [-0.05, 0) is 12.5 Å². The number of aromatic hydroxyl groups is 1. The van der Waals surface area contributed by atoms with Crippen LogP contribution < -0.4 is 5.43 Å². The predicted octanol–water partition coefficient (Wildman–Crippen LogP) is 0.936.